The van der Waals surface area contributed by atoms with Crippen LogP contribution in [0.4, 0.5) is 23.1 Å². The third-order valence-corrected chi connectivity index (χ3v) is 4.23. The molecule has 1 heterocycles. The van der Waals surface area contributed by atoms with Crippen molar-refractivity contribution in [3.8, 4) is 5.75 Å². The number of carbonyl (C=O) groups is 1. The van der Waals surface area contributed by atoms with Crippen molar-refractivity contribution in [3.05, 3.63) is 58.7 Å². The number of nitrogens with zero attached hydrogens (tertiary/aromatic N) is 3. The largest absolute Gasteiger partial charge is 0.495 e. The summed E-state index contributed by atoms with van der Waals surface area (Å²) in [6.07, 6.45) is 1.50. The Labute approximate surface area is 161 Å². The number of hydrogen-bond donors (Lipinski definition) is 2. The van der Waals surface area contributed by atoms with E-state index in [2.05, 4.69) is 25.8 Å². The summed E-state index contributed by atoms with van der Waals surface area (Å²) in [4.78, 5) is 15.9. The summed E-state index contributed by atoms with van der Waals surface area (Å²) in [7, 11) is 1.56. The van der Waals surface area contributed by atoms with E-state index in [1.54, 1.807) is 31.4 Å². The molecule has 2 aromatic carbocycles. The van der Waals surface area contributed by atoms with Crippen molar-refractivity contribution >= 4 is 40.5 Å². The second kappa shape index (κ2) is 8.01. The standard InChI is InChI=1S/C19H18ClN5O2/c1-11-7-16(17(27-3)9-15(11)20)23-19-24-18(10-21-25-19)22-14-6-4-5-13(8-14)12(2)26/h4-10H,1-3H3,(H2,22,23,24,25). The Morgan fingerprint density at radius 3 is 2.74 bits per heavy atom. The molecule has 0 fully saturated rings. The first-order valence-electron chi connectivity index (χ1n) is 8.15. The number of benzene rings is 2. The van der Waals surface area contributed by atoms with Gasteiger partial charge in [-0.05, 0) is 37.6 Å². The maximum Gasteiger partial charge on any atom is 0.249 e. The van der Waals surface area contributed by atoms with E-state index in [9.17, 15) is 4.79 Å². The van der Waals surface area contributed by atoms with Gasteiger partial charge in [0.1, 0.15) is 5.75 Å². The molecule has 7 nitrogen and oxygen atoms in total. The molecule has 0 aliphatic heterocycles. The Morgan fingerprint density at radius 1 is 1.19 bits per heavy atom. The predicted octanol–water partition coefficient (Wildman–Crippen LogP) is 4.53. The summed E-state index contributed by atoms with van der Waals surface area (Å²) in [5.74, 6) is 1.34. The molecule has 0 bridgehead atoms. The zero-order chi connectivity index (χ0) is 19.4. The first kappa shape index (κ1) is 18.6. The molecule has 8 heteroatoms. The molecule has 3 aromatic rings. The van der Waals surface area contributed by atoms with Crippen LogP contribution in [0, 0.1) is 6.92 Å². The number of carbonyl (C=O) groups excluding carboxylic acids is 1. The molecule has 0 unspecified atom stereocenters. The quantitative estimate of drug-likeness (QED) is 0.604. The second-order valence-electron chi connectivity index (χ2n) is 5.85. The number of Topliss-reactive ketones (excluding diaryl/α,β-unsaturated/α-hetero) is 1. The highest BCUT2D eigenvalue weighted by Crippen LogP contribution is 2.32. The van der Waals surface area contributed by atoms with Crippen LogP contribution in [0.2, 0.25) is 5.02 Å². The lowest BCUT2D eigenvalue weighted by Gasteiger charge is -2.12. The molecule has 1 aromatic heterocycles. The number of aryl methyl sites for hydroxylation is 1. The molecule has 0 saturated carbocycles. The SMILES string of the molecule is COc1cc(Cl)c(C)cc1Nc1nncc(Nc2cccc(C(C)=O)c2)n1. The number of halogens is 1. The summed E-state index contributed by atoms with van der Waals surface area (Å²) in [6.45, 7) is 3.42. The molecule has 0 saturated heterocycles. The lowest BCUT2D eigenvalue weighted by Crippen LogP contribution is -2.04. The van der Waals surface area contributed by atoms with Crippen molar-refractivity contribution in [1.82, 2.24) is 15.2 Å². The average Bonchev–Trinajstić information content (AvgIpc) is 2.65. The molecular weight excluding hydrogens is 366 g/mol. The molecule has 0 spiro atoms. The minimum atomic E-state index is -0.00739. The number of hydrogen-bond acceptors (Lipinski definition) is 7. The third kappa shape index (κ3) is 4.51. The van der Waals surface area contributed by atoms with Crippen molar-refractivity contribution in [2.45, 2.75) is 13.8 Å². The van der Waals surface area contributed by atoms with Gasteiger partial charge in [0.05, 0.1) is 19.0 Å². The molecule has 3 rings (SSSR count). The van der Waals surface area contributed by atoms with E-state index in [-0.39, 0.29) is 5.78 Å². The van der Waals surface area contributed by atoms with E-state index in [1.807, 2.05) is 19.1 Å². The van der Waals surface area contributed by atoms with Crippen LogP contribution in [0.25, 0.3) is 0 Å². The maximum atomic E-state index is 11.5. The number of ketones is 1. The van der Waals surface area contributed by atoms with Crippen LogP contribution in [0.3, 0.4) is 0 Å². The molecule has 2 N–H and O–H groups in total. The van der Waals surface area contributed by atoms with Crippen molar-refractivity contribution in [1.29, 1.82) is 0 Å². The highest BCUT2D eigenvalue weighted by Gasteiger charge is 2.10. The van der Waals surface area contributed by atoms with Crippen LogP contribution in [-0.2, 0) is 0 Å². The lowest BCUT2D eigenvalue weighted by molar-refractivity contribution is 0.101. The Morgan fingerprint density at radius 2 is 2.00 bits per heavy atom. The lowest BCUT2D eigenvalue weighted by atomic mass is 10.1. The average molecular weight is 384 g/mol. The van der Waals surface area contributed by atoms with Crippen molar-refractivity contribution in [2.24, 2.45) is 0 Å². The third-order valence-electron chi connectivity index (χ3n) is 3.83. The Kier molecular flexibility index (Phi) is 5.52. The number of rotatable bonds is 6. The fraction of sp³-hybridized carbons (Fsp3) is 0.158. The number of ether oxygens (including phenoxy) is 1. The maximum absolute atomic E-state index is 11.5. The fourth-order valence-corrected chi connectivity index (χ4v) is 2.58. The second-order valence-corrected chi connectivity index (χ2v) is 6.26. The molecule has 0 atom stereocenters. The first-order valence-corrected chi connectivity index (χ1v) is 8.53. The van der Waals surface area contributed by atoms with E-state index < -0.39 is 0 Å². The summed E-state index contributed by atoms with van der Waals surface area (Å²) < 4.78 is 5.34. The summed E-state index contributed by atoms with van der Waals surface area (Å²) in [5.41, 5.74) is 2.91. The number of nitrogens with one attached hydrogen (secondary N) is 2. The molecule has 138 valence electrons. The van der Waals surface area contributed by atoms with Crippen LogP contribution in [-0.4, -0.2) is 28.1 Å². The van der Waals surface area contributed by atoms with E-state index in [1.165, 1.54) is 13.1 Å². The first-order chi connectivity index (χ1) is 13.0. The van der Waals surface area contributed by atoms with Gasteiger partial charge in [-0.25, -0.2) is 0 Å². The van der Waals surface area contributed by atoms with Crippen LogP contribution in [0.1, 0.15) is 22.8 Å². The van der Waals surface area contributed by atoms with Crippen molar-refractivity contribution < 1.29 is 9.53 Å². The van der Waals surface area contributed by atoms with Crippen LogP contribution >= 0.6 is 11.6 Å². The van der Waals surface area contributed by atoms with Gasteiger partial charge in [-0.15, -0.1) is 5.10 Å². The Hall–Kier alpha value is -3.19. The molecule has 0 radical (unpaired) electrons. The van der Waals surface area contributed by atoms with Gasteiger partial charge in [0.2, 0.25) is 5.95 Å². The molecular formula is C19H18ClN5O2. The van der Waals surface area contributed by atoms with Gasteiger partial charge < -0.3 is 15.4 Å². The summed E-state index contributed by atoms with van der Waals surface area (Å²) in [5, 5.41) is 14.8. The highest BCUT2D eigenvalue weighted by atomic mass is 35.5. The van der Waals surface area contributed by atoms with Gasteiger partial charge in [-0.1, -0.05) is 23.7 Å². The molecule has 0 amide bonds. The fourth-order valence-electron chi connectivity index (χ4n) is 2.43. The summed E-state index contributed by atoms with van der Waals surface area (Å²) >= 11 is 6.13. The Bertz CT molecular complexity index is 994. The van der Waals surface area contributed by atoms with Gasteiger partial charge >= 0.3 is 0 Å². The number of methoxy groups -OCH3 is 1. The molecule has 0 aliphatic rings. The Balaban J connectivity index is 1.83. The normalized spacial score (nSPS) is 10.4. The molecule has 27 heavy (non-hydrogen) atoms. The topological polar surface area (TPSA) is 89.0 Å². The zero-order valence-corrected chi connectivity index (χ0v) is 15.8. The summed E-state index contributed by atoms with van der Waals surface area (Å²) in [6, 6.07) is 10.7. The van der Waals surface area contributed by atoms with Gasteiger partial charge in [0, 0.05) is 22.3 Å². The van der Waals surface area contributed by atoms with Gasteiger partial charge in [-0.3, -0.25) is 4.79 Å². The predicted molar refractivity (Wildman–Crippen MR) is 106 cm³/mol. The number of anilines is 4. The number of aromatic nitrogens is 3. The van der Waals surface area contributed by atoms with E-state index in [0.717, 1.165) is 11.3 Å². The zero-order valence-electron chi connectivity index (χ0n) is 15.1. The van der Waals surface area contributed by atoms with E-state index in [0.29, 0.717) is 33.8 Å². The van der Waals surface area contributed by atoms with Crippen LogP contribution < -0.4 is 15.4 Å². The minimum absolute atomic E-state index is 0.00739. The van der Waals surface area contributed by atoms with Gasteiger partial charge in [0.25, 0.3) is 0 Å². The van der Waals surface area contributed by atoms with Crippen LogP contribution in [0.15, 0.2) is 42.6 Å². The van der Waals surface area contributed by atoms with Gasteiger partial charge in [0.15, 0.2) is 11.6 Å². The minimum Gasteiger partial charge on any atom is -0.495 e. The van der Waals surface area contributed by atoms with E-state index >= 15 is 0 Å². The monoisotopic (exact) mass is 383 g/mol. The smallest absolute Gasteiger partial charge is 0.249 e. The highest BCUT2D eigenvalue weighted by molar-refractivity contribution is 6.31. The van der Waals surface area contributed by atoms with E-state index in [4.69, 9.17) is 16.3 Å². The van der Waals surface area contributed by atoms with Crippen LogP contribution in [0.5, 0.6) is 5.75 Å². The molecule has 0 aliphatic carbocycles. The van der Waals surface area contributed by atoms with Gasteiger partial charge in [-0.2, -0.15) is 10.1 Å². The van der Waals surface area contributed by atoms with Crippen molar-refractivity contribution in [3.63, 3.8) is 0 Å². The van der Waals surface area contributed by atoms with Crippen molar-refractivity contribution in [2.75, 3.05) is 17.7 Å².